The second kappa shape index (κ2) is 4.86. The van der Waals surface area contributed by atoms with Crippen molar-refractivity contribution in [1.82, 2.24) is 4.98 Å². The molecule has 0 atom stereocenters. The van der Waals surface area contributed by atoms with E-state index in [1.54, 1.807) is 7.11 Å². The third kappa shape index (κ3) is 2.19. The zero-order valence-electron chi connectivity index (χ0n) is 11.3. The Bertz CT molecular complexity index is 699. The lowest BCUT2D eigenvalue weighted by atomic mass is 10.0. The summed E-state index contributed by atoms with van der Waals surface area (Å²) in [7, 11) is 1.63. The molecule has 100 valence electrons. The van der Waals surface area contributed by atoms with Gasteiger partial charge in [-0.15, -0.1) is 0 Å². The van der Waals surface area contributed by atoms with Gasteiger partial charge in [-0.2, -0.15) is 5.26 Å². The molecular formula is C16H15N3O. The summed E-state index contributed by atoms with van der Waals surface area (Å²) >= 11 is 0. The minimum Gasteiger partial charge on any atom is -0.497 e. The molecule has 1 saturated carbocycles. The Labute approximate surface area is 117 Å². The summed E-state index contributed by atoms with van der Waals surface area (Å²) in [6, 6.07) is 11.9. The third-order valence-corrected chi connectivity index (χ3v) is 3.57. The van der Waals surface area contributed by atoms with Crippen molar-refractivity contribution in [3.8, 4) is 23.1 Å². The molecule has 1 aromatic heterocycles. The molecule has 4 nitrogen and oxygen atoms in total. The number of nitrogens with two attached hydrogens (primary N) is 1. The lowest BCUT2D eigenvalue weighted by Gasteiger charge is -2.10. The van der Waals surface area contributed by atoms with Crippen LogP contribution in [0.5, 0.6) is 5.75 Å². The van der Waals surface area contributed by atoms with Gasteiger partial charge in [0.15, 0.2) is 0 Å². The molecule has 3 rings (SSSR count). The standard InChI is InChI=1S/C16H15N3O/c1-20-12-4-2-3-11(7-12)15-8-13(10-5-6-10)14(9-17)16(18)19-15/h2-4,7-8,10H,5-6H2,1H3,(H2,18,19). The number of ether oxygens (including phenoxy) is 1. The smallest absolute Gasteiger partial charge is 0.142 e. The molecule has 0 saturated heterocycles. The molecule has 1 aromatic carbocycles. The van der Waals surface area contributed by atoms with E-state index in [4.69, 9.17) is 10.5 Å². The first-order chi connectivity index (χ1) is 9.72. The summed E-state index contributed by atoms with van der Waals surface area (Å²) in [6.07, 6.45) is 2.24. The van der Waals surface area contributed by atoms with E-state index >= 15 is 0 Å². The largest absolute Gasteiger partial charge is 0.497 e. The summed E-state index contributed by atoms with van der Waals surface area (Å²) in [6.45, 7) is 0. The van der Waals surface area contributed by atoms with E-state index < -0.39 is 0 Å². The Balaban J connectivity index is 2.12. The van der Waals surface area contributed by atoms with Crippen molar-refractivity contribution >= 4 is 5.82 Å². The van der Waals surface area contributed by atoms with Gasteiger partial charge in [-0.05, 0) is 42.5 Å². The monoisotopic (exact) mass is 265 g/mol. The molecule has 20 heavy (non-hydrogen) atoms. The average Bonchev–Trinajstić information content (AvgIpc) is 3.31. The van der Waals surface area contributed by atoms with E-state index in [1.807, 2.05) is 30.3 Å². The molecule has 0 radical (unpaired) electrons. The summed E-state index contributed by atoms with van der Waals surface area (Å²) < 4.78 is 5.23. The molecular weight excluding hydrogens is 250 g/mol. The third-order valence-electron chi connectivity index (χ3n) is 3.57. The van der Waals surface area contributed by atoms with Crippen LogP contribution in [0.25, 0.3) is 11.3 Å². The highest BCUT2D eigenvalue weighted by Crippen LogP contribution is 2.43. The van der Waals surface area contributed by atoms with Crippen molar-refractivity contribution in [2.75, 3.05) is 12.8 Å². The maximum atomic E-state index is 9.23. The van der Waals surface area contributed by atoms with E-state index in [0.29, 0.717) is 17.3 Å². The minimum absolute atomic E-state index is 0.315. The lowest BCUT2D eigenvalue weighted by molar-refractivity contribution is 0.415. The van der Waals surface area contributed by atoms with Gasteiger partial charge in [-0.3, -0.25) is 0 Å². The van der Waals surface area contributed by atoms with Crippen molar-refractivity contribution < 1.29 is 4.74 Å². The van der Waals surface area contributed by atoms with Crippen LogP contribution >= 0.6 is 0 Å². The van der Waals surface area contributed by atoms with Gasteiger partial charge < -0.3 is 10.5 Å². The predicted octanol–water partition coefficient (Wildman–Crippen LogP) is 3.09. The molecule has 2 N–H and O–H groups in total. The fraction of sp³-hybridized carbons (Fsp3) is 0.250. The molecule has 0 amide bonds. The van der Waals surface area contributed by atoms with Gasteiger partial charge >= 0.3 is 0 Å². The van der Waals surface area contributed by atoms with Crippen LogP contribution in [0, 0.1) is 11.3 Å². The van der Waals surface area contributed by atoms with Crippen molar-refractivity contribution in [1.29, 1.82) is 5.26 Å². The van der Waals surface area contributed by atoms with Crippen molar-refractivity contribution in [2.24, 2.45) is 0 Å². The molecule has 1 aliphatic rings. The summed E-state index contributed by atoms with van der Waals surface area (Å²) in [4.78, 5) is 4.36. The quantitative estimate of drug-likeness (QED) is 0.925. The maximum absolute atomic E-state index is 9.23. The van der Waals surface area contributed by atoms with Crippen LogP contribution in [0.15, 0.2) is 30.3 Å². The second-order valence-corrected chi connectivity index (χ2v) is 4.97. The number of benzene rings is 1. The van der Waals surface area contributed by atoms with Gasteiger partial charge in [0, 0.05) is 5.56 Å². The number of methoxy groups -OCH3 is 1. The Kier molecular flexibility index (Phi) is 3.03. The fourth-order valence-corrected chi connectivity index (χ4v) is 2.35. The number of nitrogens with zero attached hydrogens (tertiary/aromatic N) is 2. The SMILES string of the molecule is COc1cccc(-c2cc(C3CC3)c(C#N)c(N)n2)c1. The lowest BCUT2D eigenvalue weighted by Crippen LogP contribution is -2.01. The Hall–Kier alpha value is -2.54. The molecule has 0 unspecified atom stereocenters. The van der Waals surface area contributed by atoms with Gasteiger partial charge in [-0.1, -0.05) is 12.1 Å². The van der Waals surface area contributed by atoms with Crippen LogP contribution in [0.3, 0.4) is 0 Å². The van der Waals surface area contributed by atoms with Gasteiger partial charge in [0.2, 0.25) is 0 Å². The molecule has 1 aliphatic carbocycles. The van der Waals surface area contributed by atoms with Crippen LogP contribution in [-0.2, 0) is 0 Å². The van der Waals surface area contributed by atoms with E-state index in [9.17, 15) is 5.26 Å². The first-order valence-corrected chi connectivity index (χ1v) is 6.58. The minimum atomic E-state index is 0.315. The van der Waals surface area contributed by atoms with Gasteiger partial charge in [0.1, 0.15) is 17.6 Å². The molecule has 4 heteroatoms. The Morgan fingerprint density at radius 2 is 2.15 bits per heavy atom. The van der Waals surface area contributed by atoms with Crippen LogP contribution in [-0.4, -0.2) is 12.1 Å². The summed E-state index contributed by atoms with van der Waals surface area (Å²) in [5, 5.41) is 9.23. The van der Waals surface area contributed by atoms with E-state index in [2.05, 4.69) is 11.1 Å². The number of nitriles is 1. The highest BCUT2D eigenvalue weighted by Gasteiger charge is 2.28. The highest BCUT2D eigenvalue weighted by molar-refractivity contribution is 5.68. The number of anilines is 1. The molecule has 0 aliphatic heterocycles. The first kappa shape index (κ1) is 12.5. The van der Waals surface area contributed by atoms with Crippen molar-refractivity contribution in [3.63, 3.8) is 0 Å². The highest BCUT2D eigenvalue weighted by atomic mass is 16.5. The number of rotatable bonds is 3. The van der Waals surface area contributed by atoms with Gasteiger partial charge in [0.25, 0.3) is 0 Å². The summed E-state index contributed by atoms with van der Waals surface area (Å²) in [5.41, 5.74) is 9.23. The van der Waals surface area contributed by atoms with Crippen molar-refractivity contribution in [3.05, 3.63) is 41.5 Å². The molecule has 2 aromatic rings. The molecule has 0 bridgehead atoms. The van der Waals surface area contributed by atoms with Crippen molar-refractivity contribution in [2.45, 2.75) is 18.8 Å². The molecule has 1 heterocycles. The van der Waals surface area contributed by atoms with E-state index in [-0.39, 0.29) is 0 Å². The number of pyridine rings is 1. The van der Waals surface area contributed by atoms with Crippen LogP contribution in [0.2, 0.25) is 0 Å². The normalized spacial score (nSPS) is 13.8. The van der Waals surface area contributed by atoms with Gasteiger partial charge in [-0.25, -0.2) is 4.98 Å². The number of nitrogen functional groups attached to an aromatic ring is 1. The molecule has 0 spiro atoms. The zero-order chi connectivity index (χ0) is 14.1. The summed E-state index contributed by atoms with van der Waals surface area (Å²) in [5.74, 6) is 1.55. The topological polar surface area (TPSA) is 71.9 Å². The first-order valence-electron chi connectivity index (χ1n) is 6.58. The fourth-order valence-electron chi connectivity index (χ4n) is 2.35. The van der Waals surface area contributed by atoms with Crippen LogP contribution in [0.1, 0.15) is 29.9 Å². The second-order valence-electron chi connectivity index (χ2n) is 4.97. The maximum Gasteiger partial charge on any atom is 0.142 e. The van der Waals surface area contributed by atoms with E-state index in [0.717, 1.165) is 35.4 Å². The van der Waals surface area contributed by atoms with E-state index in [1.165, 1.54) is 0 Å². The molecule has 1 fully saturated rings. The average molecular weight is 265 g/mol. The zero-order valence-corrected chi connectivity index (χ0v) is 11.3. The number of hydrogen-bond acceptors (Lipinski definition) is 4. The van der Waals surface area contributed by atoms with Crippen LogP contribution < -0.4 is 10.5 Å². The Morgan fingerprint density at radius 1 is 1.35 bits per heavy atom. The predicted molar refractivity (Wildman–Crippen MR) is 77.3 cm³/mol. The van der Waals surface area contributed by atoms with Gasteiger partial charge in [0.05, 0.1) is 18.4 Å². The number of hydrogen-bond donors (Lipinski definition) is 1. The Morgan fingerprint density at radius 3 is 2.80 bits per heavy atom. The van der Waals surface area contributed by atoms with Crippen LogP contribution in [0.4, 0.5) is 5.82 Å². The number of aromatic nitrogens is 1.